The zero-order valence-electron chi connectivity index (χ0n) is 16.5. The number of benzene rings is 2. The smallest absolute Gasteiger partial charge is 0.248 e. The molecule has 0 aromatic heterocycles. The van der Waals surface area contributed by atoms with Crippen molar-refractivity contribution in [3.63, 3.8) is 0 Å². The van der Waals surface area contributed by atoms with Crippen molar-refractivity contribution in [1.82, 2.24) is 8.61 Å². The van der Waals surface area contributed by atoms with E-state index in [-0.39, 0.29) is 43.2 Å². The highest BCUT2D eigenvalue weighted by Gasteiger charge is 2.35. The van der Waals surface area contributed by atoms with Crippen LogP contribution >= 0.6 is 0 Å². The Hall–Kier alpha value is -2.08. The van der Waals surface area contributed by atoms with Gasteiger partial charge < -0.3 is 4.74 Å². The fourth-order valence-corrected chi connectivity index (χ4v) is 6.27. The van der Waals surface area contributed by atoms with Gasteiger partial charge in [-0.05, 0) is 25.5 Å². The van der Waals surface area contributed by atoms with Crippen LogP contribution in [0.4, 0.5) is 8.78 Å². The molecule has 0 saturated carbocycles. The molecule has 0 atom stereocenters. The minimum absolute atomic E-state index is 0.0623. The summed E-state index contributed by atoms with van der Waals surface area (Å²) in [6, 6.07) is 7.93. The van der Waals surface area contributed by atoms with Crippen LogP contribution in [0.2, 0.25) is 0 Å². The molecule has 0 amide bonds. The summed E-state index contributed by atoms with van der Waals surface area (Å²) in [5.74, 6) is -2.67. The Morgan fingerprint density at radius 2 is 1.33 bits per heavy atom. The fraction of sp³-hybridized carbons (Fsp3) is 0.368. The first-order valence-corrected chi connectivity index (χ1v) is 12.1. The molecule has 164 valence electrons. The lowest BCUT2D eigenvalue weighted by molar-refractivity contribution is 0.391. The Morgan fingerprint density at radius 1 is 0.833 bits per heavy atom. The van der Waals surface area contributed by atoms with Gasteiger partial charge in [0.25, 0.3) is 0 Å². The molecule has 2 aromatic carbocycles. The molecule has 7 nitrogen and oxygen atoms in total. The third-order valence-electron chi connectivity index (χ3n) is 4.88. The number of hydrogen-bond acceptors (Lipinski definition) is 5. The summed E-state index contributed by atoms with van der Waals surface area (Å²) in [5, 5.41) is 0. The van der Waals surface area contributed by atoms with Gasteiger partial charge in [-0.25, -0.2) is 25.6 Å². The molecule has 3 rings (SSSR count). The molecule has 1 aliphatic rings. The zero-order chi connectivity index (χ0) is 22.1. The maximum absolute atomic E-state index is 14.3. The van der Waals surface area contributed by atoms with E-state index in [4.69, 9.17) is 4.74 Å². The van der Waals surface area contributed by atoms with Gasteiger partial charge in [0, 0.05) is 38.3 Å². The maximum atomic E-state index is 14.3. The van der Waals surface area contributed by atoms with E-state index >= 15 is 0 Å². The molecule has 2 aromatic rings. The van der Waals surface area contributed by atoms with Gasteiger partial charge in [0.15, 0.2) is 4.90 Å². The Bertz CT molecular complexity index is 1110. The molecule has 1 fully saturated rings. The predicted octanol–water partition coefficient (Wildman–Crippen LogP) is 2.37. The van der Waals surface area contributed by atoms with E-state index < -0.39 is 36.6 Å². The van der Waals surface area contributed by atoms with E-state index in [1.165, 1.54) is 23.5 Å². The Labute approximate surface area is 175 Å². The van der Waals surface area contributed by atoms with Crippen molar-refractivity contribution in [1.29, 1.82) is 0 Å². The average Bonchev–Trinajstić information content (AvgIpc) is 2.95. The lowest BCUT2D eigenvalue weighted by Gasteiger charge is -2.22. The minimum atomic E-state index is -4.50. The summed E-state index contributed by atoms with van der Waals surface area (Å²) in [4.78, 5) is -0.963. The summed E-state index contributed by atoms with van der Waals surface area (Å²) in [6.07, 6.45) is 0.184. The van der Waals surface area contributed by atoms with Crippen LogP contribution in [0, 0.1) is 18.6 Å². The molecule has 0 radical (unpaired) electrons. The van der Waals surface area contributed by atoms with Crippen LogP contribution < -0.4 is 4.74 Å². The van der Waals surface area contributed by atoms with Crippen LogP contribution in [0.3, 0.4) is 0 Å². The molecule has 0 N–H and O–H groups in total. The highest BCUT2D eigenvalue weighted by Crippen LogP contribution is 2.28. The van der Waals surface area contributed by atoms with E-state index in [1.807, 2.05) is 6.92 Å². The second-order valence-corrected chi connectivity index (χ2v) is 10.7. The molecular formula is C19H22F2N2O5S2. The molecule has 0 aliphatic carbocycles. The van der Waals surface area contributed by atoms with E-state index in [0.717, 1.165) is 22.0 Å². The van der Waals surface area contributed by atoms with Crippen LogP contribution in [0.25, 0.3) is 0 Å². The maximum Gasteiger partial charge on any atom is 0.248 e. The highest BCUT2D eigenvalue weighted by molar-refractivity contribution is 7.89. The van der Waals surface area contributed by atoms with Crippen molar-refractivity contribution in [2.24, 2.45) is 0 Å². The number of methoxy groups -OCH3 is 1. The average molecular weight is 461 g/mol. The van der Waals surface area contributed by atoms with E-state index in [2.05, 4.69) is 0 Å². The zero-order valence-corrected chi connectivity index (χ0v) is 18.1. The van der Waals surface area contributed by atoms with Crippen LogP contribution in [0.1, 0.15) is 12.0 Å². The number of sulfonamides is 2. The fourth-order valence-electron chi connectivity index (χ4n) is 3.24. The number of hydrogen-bond donors (Lipinski definition) is 0. The summed E-state index contributed by atoms with van der Waals surface area (Å²) in [7, 11) is -7.11. The summed E-state index contributed by atoms with van der Waals surface area (Å²) in [5.41, 5.74) is 0.908. The Kier molecular flexibility index (Phi) is 6.46. The van der Waals surface area contributed by atoms with Gasteiger partial charge in [-0.1, -0.05) is 17.7 Å². The lowest BCUT2D eigenvalue weighted by Crippen LogP contribution is -2.37. The van der Waals surface area contributed by atoms with Gasteiger partial charge in [0.05, 0.1) is 12.0 Å². The van der Waals surface area contributed by atoms with Gasteiger partial charge >= 0.3 is 0 Å². The third kappa shape index (κ3) is 4.34. The molecular weight excluding hydrogens is 438 g/mol. The van der Waals surface area contributed by atoms with Crippen molar-refractivity contribution in [2.45, 2.75) is 23.1 Å². The topological polar surface area (TPSA) is 84.0 Å². The van der Waals surface area contributed by atoms with Gasteiger partial charge in [-0.3, -0.25) is 0 Å². The minimum Gasteiger partial charge on any atom is -0.497 e. The molecule has 1 saturated heterocycles. The monoisotopic (exact) mass is 460 g/mol. The molecule has 11 heteroatoms. The first kappa shape index (κ1) is 22.6. The van der Waals surface area contributed by atoms with Gasteiger partial charge in [0.1, 0.15) is 17.4 Å². The van der Waals surface area contributed by atoms with E-state index in [0.29, 0.717) is 0 Å². The number of aryl methyl sites for hydroxylation is 1. The van der Waals surface area contributed by atoms with Gasteiger partial charge in [-0.2, -0.15) is 8.61 Å². The normalized spacial score (nSPS) is 16.9. The molecule has 30 heavy (non-hydrogen) atoms. The van der Waals surface area contributed by atoms with Crippen molar-refractivity contribution in [3.8, 4) is 5.75 Å². The van der Waals surface area contributed by atoms with E-state index in [1.54, 1.807) is 12.1 Å². The van der Waals surface area contributed by atoms with Crippen molar-refractivity contribution in [2.75, 3.05) is 33.3 Å². The van der Waals surface area contributed by atoms with Crippen LogP contribution in [0.5, 0.6) is 5.75 Å². The quantitative estimate of drug-likeness (QED) is 0.684. The van der Waals surface area contributed by atoms with Crippen molar-refractivity contribution in [3.05, 3.63) is 53.6 Å². The number of nitrogens with zero attached hydrogens (tertiary/aromatic N) is 2. The van der Waals surface area contributed by atoms with Gasteiger partial charge in [-0.15, -0.1) is 0 Å². The third-order valence-corrected chi connectivity index (χ3v) is 8.74. The Balaban J connectivity index is 1.85. The molecule has 0 bridgehead atoms. The van der Waals surface area contributed by atoms with Gasteiger partial charge in [0.2, 0.25) is 20.0 Å². The van der Waals surface area contributed by atoms with E-state index in [9.17, 15) is 25.6 Å². The Morgan fingerprint density at radius 3 is 1.83 bits per heavy atom. The predicted molar refractivity (Wildman–Crippen MR) is 106 cm³/mol. The summed E-state index contributed by atoms with van der Waals surface area (Å²) < 4.78 is 87.0. The van der Waals surface area contributed by atoms with Crippen LogP contribution in [-0.4, -0.2) is 58.7 Å². The summed E-state index contributed by atoms with van der Waals surface area (Å²) >= 11 is 0. The lowest BCUT2D eigenvalue weighted by atomic mass is 10.2. The molecule has 0 spiro atoms. The summed E-state index contributed by atoms with van der Waals surface area (Å²) in [6.45, 7) is 1.51. The molecule has 1 heterocycles. The largest absolute Gasteiger partial charge is 0.497 e. The highest BCUT2D eigenvalue weighted by atomic mass is 32.2. The first-order chi connectivity index (χ1) is 14.1. The van der Waals surface area contributed by atoms with Crippen molar-refractivity contribution < 1.29 is 30.4 Å². The molecule has 0 unspecified atom stereocenters. The standard InChI is InChI=1S/C19H22F2N2O5S2/c1-14-4-6-16(7-5-14)29(24,25)22-8-3-9-23(11-10-22)30(26,27)19-17(20)12-15(28-2)13-18(19)21/h4-7,12-13H,3,8-11H2,1-2H3. The van der Waals surface area contributed by atoms with Crippen LogP contribution in [0.15, 0.2) is 46.2 Å². The molecule has 1 aliphatic heterocycles. The number of halogens is 2. The number of ether oxygens (including phenoxy) is 1. The first-order valence-electron chi connectivity index (χ1n) is 9.17. The SMILES string of the molecule is COc1cc(F)c(S(=O)(=O)N2CCCN(S(=O)(=O)c3ccc(C)cc3)CC2)c(F)c1. The van der Waals surface area contributed by atoms with Crippen molar-refractivity contribution >= 4 is 20.0 Å². The second kappa shape index (κ2) is 8.58. The second-order valence-electron chi connectivity index (χ2n) is 6.89. The number of rotatable bonds is 5. The van der Waals surface area contributed by atoms with Crippen LogP contribution in [-0.2, 0) is 20.0 Å².